The van der Waals surface area contributed by atoms with E-state index in [0.29, 0.717) is 11.3 Å². The van der Waals surface area contributed by atoms with E-state index in [-0.39, 0.29) is 11.7 Å². The van der Waals surface area contributed by atoms with Crippen molar-refractivity contribution in [2.75, 3.05) is 0 Å². The van der Waals surface area contributed by atoms with Gasteiger partial charge in [-0.05, 0) is 72.5 Å². The number of hydrogen-bond acceptors (Lipinski definition) is 3. The third-order valence-corrected chi connectivity index (χ3v) is 3.92. The summed E-state index contributed by atoms with van der Waals surface area (Å²) in [5.41, 5.74) is 4.24. The Kier molecular flexibility index (Phi) is 4.34. The Bertz CT molecular complexity index is 883. The fraction of sp³-hybridized carbons (Fsp3) is 0.0952. The van der Waals surface area contributed by atoms with Crippen LogP contribution in [0.3, 0.4) is 0 Å². The summed E-state index contributed by atoms with van der Waals surface area (Å²) in [4.78, 5) is 12.2. The van der Waals surface area contributed by atoms with E-state index < -0.39 is 0 Å². The highest BCUT2D eigenvalue weighted by Crippen LogP contribution is 2.29. The van der Waals surface area contributed by atoms with Gasteiger partial charge in [0.15, 0.2) is 0 Å². The molecule has 0 fully saturated rings. The number of phenols is 1. The second kappa shape index (κ2) is 6.59. The maximum absolute atomic E-state index is 12.2. The number of ether oxygens (including phenoxy) is 1. The van der Waals surface area contributed by atoms with Crippen molar-refractivity contribution in [3.8, 4) is 22.6 Å². The van der Waals surface area contributed by atoms with E-state index in [4.69, 9.17) is 4.74 Å². The van der Waals surface area contributed by atoms with Gasteiger partial charge in [0.2, 0.25) is 0 Å². The average Bonchev–Trinajstić information content (AvgIpc) is 2.60. The minimum absolute atomic E-state index is 0.281. The summed E-state index contributed by atoms with van der Waals surface area (Å²) in [6.07, 6.45) is 0. The van der Waals surface area contributed by atoms with E-state index in [0.717, 1.165) is 22.3 Å². The van der Waals surface area contributed by atoms with Crippen LogP contribution >= 0.6 is 0 Å². The number of carbonyl (C=O) groups is 1. The highest BCUT2D eigenvalue weighted by atomic mass is 16.5. The molecular formula is C21H18O3. The molecule has 120 valence electrons. The van der Waals surface area contributed by atoms with Gasteiger partial charge in [-0.3, -0.25) is 0 Å². The number of aryl methyl sites for hydroxylation is 2. The van der Waals surface area contributed by atoms with Crippen molar-refractivity contribution in [1.29, 1.82) is 0 Å². The van der Waals surface area contributed by atoms with Gasteiger partial charge < -0.3 is 9.84 Å². The topological polar surface area (TPSA) is 46.5 Å². The highest BCUT2D eigenvalue weighted by Gasteiger charge is 2.11. The van der Waals surface area contributed by atoms with Crippen molar-refractivity contribution in [3.05, 3.63) is 83.4 Å². The molecule has 3 aromatic rings. The molecule has 3 rings (SSSR count). The Morgan fingerprint density at radius 1 is 0.833 bits per heavy atom. The molecule has 3 nitrogen and oxygen atoms in total. The average molecular weight is 318 g/mol. The standard InChI is InChI=1S/C21H18O3/c1-14-12-17(8-10-19(14)22)18-9-11-20(15(2)13-18)24-21(23)16-6-4-3-5-7-16/h3-13,22H,1-2H3. The molecule has 3 heteroatoms. The van der Waals surface area contributed by atoms with Gasteiger partial charge in [-0.1, -0.05) is 30.3 Å². The van der Waals surface area contributed by atoms with Gasteiger partial charge in [-0.2, -0.15) is 0 Å². The molecule has 1 N–H and O–H groups in total. The number of aromatic hydroxyl groups is 1. The molecule has 0 aromatic heterocycles. The SMILES string of the molecule is Cc1cc(-c2ccc(OC(=O)c3ccccc3)c(C)c2)ccc1O. The molecule has 0 saturated carbocycles. The smallest absolute Gasteiger partial charge is 0.343 e. The van der Waals surface area contributed by atoms with E-state index in [2.05, 4.69) is 0 Å². The first-order valence-electron chi connectivity index (χ1n) is 7.72. The van der Waals surface area contributed by atoms with Gasteiger partial charge in [0.25, 0.3) is 0 Å². The number of phenolic OH excluding ortho intramolecular Hbond substituents is 1. The van der Waals surface area contributed by atoms with Gasteiger partial charge in [-0.25, -0.2) is 4.79 Å². The van der Waals surface area contributed by atoms with Gasteiger partial charge >= 0.3 is 5.97 Å². The number of benzene rings is 3. The van der Waals surface area contributed by atoms with E-state index in [1.54, 1.807) is 36.4 Å². The van der Waals surface area contributed by atoms with Gasteiger partial charge in [0.05, 0.1) is 5.56 Å². The fourth-order valence-electron chi connectivity index (χ4n) is 2.51. The lowest BCUT2D eigenvalue weighted by atomic mass is 10.0. The maximum Gasteiger partial charge on any atom is 0.343 e. The lowest BCUT2D eigenvalue weighted by Crippen LogP contribution is -2.09. The summed E-state index contributed by atoms with van der Waals surface area (Å²) in [5, 5.41) is 9.64. The zero-order valence-electron chi connectivity index (χ0n) is 13.6. The fourth-order valence-corrected chi connectivity index (χ4v) is 2.51. The summed E-state index contributed by atoms with van der Waals surface area (Å²) in [7, 11) is 0. The molecule has 3 aromatic carbocycles. The number of hydrogen-bond donors (Lipinski definition) is 1. The minimum atomic E-state index is -0.369. The molecular weight excluding hydrogens is 300 g/mol. The molecule has 0 spiro atoms. The van der Waals surface area contributed by atoms with Gasteiger partial charge in [0.1, 0.15) is 11.5 Å². The Labute approximate surface area is 141 Å². The molecule has 0 amide bonds. The zero-order chi connectivity index (χ0) is 17.1. The van der Waals surface area contributed by atoms with Crippen LogP contribution in [-0.4, -0.2) is 11.1 Å². The van der Waals surface area contributed by atoms with Crippen LogP contribution in [0.25, 0.3) is 11.1 Å². The van der Waals surface area contributed by atoms with Crippen molar-refractivity contribution < 1.29 is 14.6 Å². The molecule has 0 aliphatic heterocycles. The summed E-state index contributed by atoms with van der Waals surface area (Å²) in [6, 6.07) is 20.1. The largest absolute Gasteiger partial charge is 0.508 e. The highest BCUT2D eigenvalue weighted by molar-refractivity contribution is 5.91. The summed E-state index contributed by atoms with van der Waals surface area (Å²) in [5.74, 6) is 0.457. The Balaban J connectivity index is 1.85. The number of rotatable bonds is 3. The maximum atomic E-state index is 12.2. The number of carbonyl (C=O) groups excluding carboxylic acids is 1. The van der Waals surface area contributed by atoms with Crippen molar-refractivity contribution in [3.63, 3.8) is 0 Å². The van der Waals surface area contributed by atoms with Crippen molar-refractivity contribution in [2.24, 2.45) is 0 Å². The van der Waals surface area contributed by atoms with E-state index in [1.807, 2.05) is 44.2 Å². The van der Waals surface area contributed by atoms with Crippen LogP contribution in [0.5, 0.6) is 11.5 Å². The third kappa shape index (κ3) is 3.30. The summed E-state index contributed by atoms with van der Waals surface area (Å²) >= 11 is 0. The van der Waals surface area contributed by atoms with Gasteiger partial charge in [-0.15, -0.1) is 0 Å². The van der Waals surface area contributed by atoms with Crippen molar-refractivity contribution in [1.82, 2.24) is 0 Å². The molecule has 0 atom stereocenters. The molecule has 0 unspecified atom stereocenters. The van der Waals surface area contributed by atoms with E-state index in [9.17, 15) is 9.90 Å². The molecule has 24 heavy (non-hydrogen) atoms. The first kappa shape index (κ1) is 15.8. The Hall–Kier alpha value is -3.07. The predicted octanol–water partition coefficient (Wildman–Crippen LogP) is 4.90. The second-order valence-electron chi connectivity index (χ2n) is 5.74. The monoisotopic (exact) mass is 318 g/mol. The van der Waals surface area contributed by atoms with Crippen LogP contribution in [0.4, 0.5) is 0 Å². The van der Waals surface area contributed by atoms with E-state index >= 15 is 0 Å². The molecule has 0 bridgehead atoms. The molecule has 0 aliphatic carbocycles. The van der Waals surface area contributed by atoms with Crippen LogP contribution in [-0.2, 0) is 0 Å². The lowest BCUT2D eigenvalue weighted by molar-refractivity contribution is 0.0733. The van der Waals surface area contributed by atoms with Crippen LogP contribution in [0, 0.1) is 13.8 Å². The summed E-state index contributed by atoms with van der Waals surface area (Å²) < 4.78 is 5.49. The molecule has 0 heterocycles. The third-order valence-electron chi connectivity index (χ3n) is 3.92. The molecule has 0 saturated heterocycles. The number of esters is 1. The molecule has 0 radical (unpaired) electrons. The Morgan fingerprint density at radius 3 is 2.08 bits per heavy atom. The van der Waals surface area contributed by atoms with Crippen molar-refractivity contribution >= 4 is 5.97 Å². The Morgan fingerprint density at radius 2 is 1.46 bits per heavy atom. The van der Waals surface area contributed by atoms with E-state index in [1.165, 1.54) is 0 Å². The predicted molar refractivity (Wildman–Crippen MR) is 94.4 cm³/mol. The molecule has 0 aliphatic rings. The lowest BCUT2D eigenvalue weighted by Gasteiger charge is -2.10. The van der Waals surface area contributed by atoms with Crippen molar-refractivity contribution in [2.45, 2.75) is 13.8 Å². The zero-order valence-corrected chi connectivity index (χ0v) is 13.6. The first-order chi connectivity index (χ1) is 11.5. The van der Waals surface area contributed by atoms with Crippen LogP contribution in [0.1, 0.15) is 21.5 Å². The van der Waals surface area contributed by atoms with Crippen LogP contribution in [0.15, 0.2) is 66.7 Å². The van der Waals surface area contributed by atoms with Gasteiger partial charge in [0, 0.05) is 0 Å². The van der Waals surface area contributed by atoms with Crippen LogP contribution in [0.2, 0.25) is 0 Å². The normalized spacial score (nSPS) is 10.4. The van der Waals surface area contributed by atoms with Crippen LogP contribution < -0.4 is 4.74 Å². The quantitative estimate of drug-likeness (QED) is 0.552. The first-order valence-corrected chi connectivity index (χ1v) is 7.72. The minimum Gasteiger partial charge on any atom is -0.508 e. The second-order valence-corrected chi connectivity index (χ2v) is 5.74. The summed E-state index contributed by atoms with van der Waals surface area (Å²) in [6.45, 7) is 3.77.